The predicted molar refractivity (Wildman–Crippen MR) is 116 cm³/mol. The van der Waals surface area contributed by atoms with Gasteiger partial charge >= 0.3 is 0 Å². The van der Waals surface area contributed by atoms with E-state index in [9.17, 15) is 5.11 Å². The molecule has 6 nitrogen and oxygen atoms in total. The van der Waals surface area contributed by atoms with Gasteiger partial charge in [0.25, 0.3) is 0 Å². The Bertz CT molecular complexity index is 807. The molecule has 2 N–H and O–H groups in total. The maximum Gasteiger partial charge on any atom is 0.194 e. The third-order valence-electron chi connectivity index (χ3n) is 5.30. The van der Waals surface area contributed by atoms with Gasteiger partial charge in [-0.3, -0.25) is 4.99 Å². The van der Waals surface area contributed by atoms with E-state index in [2.05, 4.69) is 29.3 Å². The highest BCUT2D eigenvalue weighted by Gasteiger charge is 2.26. The highest BCUT2D eigenvalue weighted by atomic mass is 16.5. The van der Waals surface area contributed by atoms with Crippen LogP contribution in [-0.2, 0) is 0 Å². The molecule has 156 valence electrons. The molecule has 1 aliphatic rings. The number of nitrogens with zero attached hydrogens (tertiary/aromatic N) is 2. The first-order valence-electron chi connectivity index (χ1n) is 10.1. The number of aliphatic hydroxyl groups is 1. The number of benzene rings is 2. The number of nitrogens with one attached hydrogen (secondary N) is 1. The predicted octanol–water partition coefficient (Wildman–Crippen LogP) is 3.19. The standard InChI is InChI=1S/C23H31N3O3/c1-4-24-23(25-15-22(27)18-6-5-7-21(14-18)29-3)26-13-12-19(16-26)17-8-10-20(28-2)11-9-17/h5-11,14,19,22,27H,4,12-13,15-16H2,1-3H3,(H,24,25). The van der Waals surface area contributed by atoms with Crippen molar-refractivity contribution >= 4 is 5.96 Å². The van der Waals surface area contributed by atoms with Gasteiger partial charge in [0.05, 0.1) is 26.9 Å². The molecule has 1 heterocycles. The van der Waals surface area contributed by atoms with Crippen LogP contribution in [0.3, 0.4) is 0 Å². The first kappa shape index (κ1) is 21.0. The second-order valence-corrected chi connectivity index (χ2v) is 7.19. The second kappa shape index (κ2) is 10.2. The van der Waals surface area contributed by atoms with E-state index in [0.29, 0.717) is 12.5 Å². The van der Waals surface area contributed by atoms with Crippen molar-refractivity contribution in [2.75, 3.05) is 40.4 Å². The third-order valence-corrected chi connectivity index (χ3v) is 5.30. The Hall–Kier alpha value is -2.73. The number of guanidine groups is 1. The summed E-state index contributed by atoms with van der Waals surface area (Å²) >= 11 is 0. The van der Waals surface area contributed by atoms with E-state index < -0.39 is 6.10 Å². The summed E-state index contributed by atoms with van der Waals surface area (Å²) in [7, 11) is 3.31. The van der Waals surface area contributed by atoms with Gasteiger partial charge in [0.1, 0.15) is 11.5 Å². The molecule has 0 aromatic heterocycles. The lowest BCUT2D eigenvalue weighted by Crippen LogP contribution is -2.40. The van der Waals surface area contributed by atoms with Crippen molar-refractivity contribution in [1.82, 2.24) is 10.2 Å². The molecule has 0 amide bonds. The molecule has 2 unspecified atom stereocenters. The van der Waals surface area contributed by atoms with Crippen LogP contribution < -0.4 is 14.8 Å². The molecule has 2 aromatic rings. The van der Waals surface area contributed by atoms with Crippen LogP contribution in [0.5, 0.6) is 11.5 Å². The summed E-state index contributed by atoms with van der Waals surface area (Å²) in [6.07, 6.45) is 0.411. The van der Waals surface area contributed by atoms with Gasteiger partial charge < -0.3 is 24.8 Å². The highest BCUT2D eigenvalue weighted by molar-refractivity contribution is 5.80. The van der Waals surface area contributed by atoms with E-state index in [1.54, 1.807) is 14.2 Å². The smallest absolute Gasteiger partial charge is 0.194 e. The lowest BCUT2D eigenvalue weighted by Gasteiger charge is -2.22. The van der Waals surface area contributed by atoms with Crippen LogP contribution in [0.15, 0.2) is 53.5 Å². The summed E-state index contributed by atoms with van der Waals surface area (Å²) in [5.41, 5.74) is 2.13. The summed E-state index contributed by atoms with van der Waals surface area (Å²) in [4.78, 5) is 6.98. The molecule has 1 saturated heterocycles. The van der Waals surface area contributed by atoms with Gasteiger partial charge in [-0.1, -0.05) is 24.3 Å². The van der Waals surface area contributed by atoms with Gasteiger partial charge in [0.2, 0.25) is 0 Å². The highest BCUT2D eigenvalue weighted by Crippen LogP contribution is 2.28. The van der Waals surface area contributed by atoms with Crippen LogP contribution in [0, 0.1) is 0 Å². The molecule has 2 aromatic carbocycles. The van der Waals surface area contributed by atoms with Crippen molar-refractivity contribution in [3.8, 4) is 11.5 Å². The lowest BCUT2D eigenvalue weighted by molar-refractivity contribution is 0.186. The van der Waals surface area contributed by atoms with Gasteiger partial charge in [0.15, 0.2) is 5.96 Å². The largest absolute Gasteiger partial charge is 0.497 e. The zero-order chi connectivity index (χ0) is 20.6. The monoisotopic (exact) mass is 397 g/mol. The Kier molecular flexibility index (Phi) is 7.36. The molecule has 0 bridgehead atoms. The second-order valence-electron chi connectivity index (χ2n) is 7.19. The van der Waals surface area contributed by atoms with Crippen molar-refractivity contribution in [2.45, 2.75) is 25.4 Å². The number of likely N-dealkylation sites (tertiary alicyclic amines) is 1. The minimum absolute atomic E-state index is 0.305. The van der Waals surface area contributed by atoms with E-state index in [4.69, 9.17) is 14.5 Å². The summed E-state index contributed by atoms with van der Waals surface area (Å²) in [5, 5.41) is 13.9. The number of hydrogen-bond acceptors (Lipinski definition) is 4. The van der Waals surface area contributed by atoms with E-state index >= 15 is 0 Å². The average Bonchev–Trinajstić information content (AvgIpc) is 3.26. The maximum absolute atomic E-state index is 10.6. The van der Waals surface area contributed by atoms with Crippen LogP contribution >= 0.6 is 0 Å². The molecule has 6 heteroatoms. The molecular weight excluding hydrogens is 366 g/mol. The average molecular weight is 398 g/mol. The number of ether oxygens (including phenoxy) is 2. The van der Waals surface area contributed by atoms with Crippen LogP contribution in [0.4, 0.5) is 0 Å². The molecular formula is C23H31N3O3. The molecule has 1 aliphatic heterocycles. The summed E-state index contributed by atoms with van der Waals surface area (Å²) in [6.45, 7) is 5.01. The van der Waals surface area contributed by atoms with Crippen molar-refractivity contribution in [3.05, 3.63) is 59.7 Å². The Labute approximate surface area is 173 Å². The summed E-state index contributed by atoms with van der Waals surface area (Å²) < 4.78 is 10.5. The minimum atomic E-state index is -0.668. The molecule has 0 aliphatic carbocycles. The SMILES string of the molecule is CCNC(=NCC(O)c1cccc(OC)c1)N1CCC(c2ccc(OC)cc2)C1. The normalized spacial score (nSPS) is 17.9. The van der Waals surface area contributed by atoms with Crippen molar-refractivity contribution in [3.63, 3.8) is 0 Å². The summed E-state index contributed by atoms with van der Waals surface area (Å²) in [5.74, 6) is 2.93. The molecule has 29 heavy (non-hydrogen) atoms. The lowest BCUT2D eigenvalue weighted by atomic mass is 9.98. The zero-order valence-electron chi connectivity index (χ0n) is 17.5. The molecule has 1 fully saturated rings. The zero-order valence-corrected chi connectivity index (χ0v) is 17.5. The van der Waals surface area contributed by atoms with Gasteiger partial charge in [-0.15, -0.1) is 0 Å². The molecule has 0 radical (unpaired) electrons. The van der Waals surface area contributed by atoms with Crippen LogP contribution in [0.2, 0.25) is 0 Å². The maximum atomic E-state index is 10.6. The van der Waals surface area contributed by atoms with Gasteiger partial charge in [-0.2, -0.15) is 0 Å². The van der Waals surface area contributed by atoms with Gasteiger partial charge in [-0.25, -0.2) is 0 Å². The Morgan fingerprint density at radius 3 is 2.62 bits per heavy atom. The van der Waals surface area contributed by atoms with Crippen LogP contribution in [-0.4, -0.2) is 56.4 Å². The van der Waals surface area contributed by atoms with E-state index in [1.807, 2.05) is 36.4 Å². The van der Waals surface area contributed by atoms with Crippen LogP contribution in [0.1, 0.15) is 36.5 Å². The van der Waals surface area contributed by atoms with E-state index in [-0.39, 0.29) is 0 Å². The van der Waals surface area contributed by atoms with Crippen LogP contribution in [0.25, 0.3) is 0 Å². The van der Waals surface area contributed by atoms with E-state index in [0.717, 1.165) is 49.1 Å². The molecule has 0 spiro atoms. The fraction of sp³-hybridized carbons (Fsp3) is 0.435. The summed E-state index contributed by atoms with van der Waals surface area (Å²) in [6, 6.07) is 15.8. The minimum Gasteiger partial charge on any atom is -0.497 e. The topological polar surface area (TPSA) is 66.3 Å². The first-order chi connectivity index (χ1) is 14.1. The fourth-order valence-electron chi connectivity index (χ4n) is 3.65. The number of rotatable bonds is 7. The van der Waals surface area contributed by atoms with Gasteiger partial charge in [-0.05, 0) is 48.7 Å². The van der Waals surface area contributed by atoms with Crippen molar-refractivity contribution in [1.29, 1.82) is 0 Å². The number of methoxy groups -OCH3 is 2. The quantitative estimate of drug-likeness (QED) is 0.555. The molecule has 2 atom stereocenters. The van der Waals surface area contributed by atoms with Crippen molar-refractivity contribution in [2.24, 2.45) is 4.99 Å². The van der Waals surface area contributed by atoms with Gasteiger partial charge in [0, 0.05) is 25.6 Å². The third kappa shape index (κ3) is 5.41. The molecule has 3 rings (SSSR count). The van der Waals surface area contributed by atoms with E-state index in [1.165, 1.54) is 5.56 Å². The Morgan fingerprint density at radius 1 is 1.17 bits per heavy atom. The molecule has 0 saturated carbocycles. The first-order valence-corrected chi connectivity index (χ1v) is 10.1. The Morgan fingerprint density at radius 2 is 1.93 bits per heavy atom. The number of hydrogen-bond donors (Lipinski definition) is 2. The Balaban J connectivity index is 1.65. The number of aliphatic hydroxyl groups excluding tert-OH is 1. The fourth-order valence-corrected chi connectivity index (χ4v) is 3.65. The van der Waals surface area contributed by atoms with Crippen molar-refractivity contribution < 1.29 is 14.6 Å². The number of aliphatic imine (C=N–C) groups is 1.